The summed E-state index contributed by atoms with van der Waals surface area (Å²) in [5.74, 6) is -0.450. The fourth-order valence-corrected chi connectivity index (χ4v) is 2.74. The van der Waals surface area contributed by atoms with Crippen LogP contribution in [0.15, 0.2) is 42.2 Å². The number of nitrogens with zero attached hydrogens (tertiary/aromatic N) is 3. The van der Waals surface area contributed by atoms with Crippen LogP contribution in [0.1, 0.15) is 0 Å². The molecule has 0 aromatic heterocycles. The normalized spacial score (nSPS) is 18.7. The van der Waals surface area contributed by atoms with Gasteiger partial charge in [0.25, 0.3) is 18.5 Å². The van der Waals surface area contributed by atoms with Crippen molar-refractivity contribution in [2.45, 2.75) is 18.5 Å². The summed E-state index contributed by atoms with van der Waals surface area (Å²) < 4.78 is 59.0. The second kappa shape index (κ2) is 6.48. The number of nitro groups is 1. The summed E-state index contributed by atoms with van der Waals surface area (Å²) in [5.41, 5.74) is -3.60. The summed E-state index contributed by atoms with van der Waals surface area (Å²) >= 11 is 0. The minimum atomic E-state index is -3.54. The van der Waals surface area contributed by atoms with Gasteiger partial charge in [0.2, 0.25) is 5.60 Å². The molecule has 7 nitrogen and oxygen atoms in total. The first-order valence-electron chi connectivity index (χ1n) is 7.41. The van der Waals surface area contributed by atoms with Crippen LogP contribution in [0.3, 0.4) is 0 Å². The summed E-state index contributed by atoms with van der Waals surface area (Å²) in [6.07, 6.45) is -2.72. The van der Waals surface area contributed by atoms with Crippen LogP contribution in [0.4, 0.5) is 28.9 Å². The molecule has 1 N–H and O–H groups in total. The van der Waals surface area contributed by atoms with Crippen molar-refractivity contribution < 1.29 is 32.4 Å². The molecule has 140 valence electrons. The predicted octanol–water partition coefficient (Wildman–Crippen LogP) is 3.17. The molecule has 0 aliphatic carbocycles. The zero-order chi connectivity index (χ0) is 19.1. The van der Waals surface area contributed by atoms with Crippen molar-refractivity contribution in [3.8, 4) is 5.75 Å². The Hall–Kier alpha value is -2.82. The predicted molar refractivity (Wildman–Crippen MR) is 81.5 cm³/mol. The minimum Gasteiger partial charge on any atom is -0.471 e. The maximum Gasteiger partial charge on any atom is 0.285 e. The van der Waals surface area contributed by atoms with Crippen LogP contribution >= 0.6 is 0 Å². The van der Waals surface area contributed by atoms with Crippen molar-refractivity contribution in [1.82, 2.24) is 5.06 Å². The maximum absolute atomic E-state index is 13.5. The van der Waals surface area contributed by atoms with Crippen LogP contribution in [0.2, 0.25) is 0 Å². The molecule has 0 fully saturated rings. The first kappa shape index (κ1) is 18.0. The van der Waals surface area contributed by atoms with Gasteiger partial charge in [0.15, 0.2) is 0 Å². The molecule has 0 unspecified atom stereocenters. The largest absolute Gasteiger partial charge is 0.471 e. The first-order valence-corrected chi connectivity index (χ1v) is 7.41. The highest BCUT2D eigenvalue weighted by Crippen LogP contribution is 2.45. The smallest absolute Gasteiger partial charge is 0.285 e. The Morgan fingerprint density at radius 1 is 1.27 bits per heavy atom. The van der Waals surface area contributed by atoms with Gasteiger partial charge in [-0.2, -0.15) is 0 Å². The second-order valence-electron chi connectivity index (χ2n) is 5.69. The molecule has 0 saturated carbocycles. The van der Waals surface area contributed by atoms with Gasteiger partial charge < -0.3 is 9.64 Å². The summed E-state index contributed by atoms with van der Waals surface area (Å²) in [6.45, 7) is -1.02. The number of halogens is 4. The molecule has 0 bridgehead atoms. The van der Waals surface area contributed by atoms with Gasteiger partial charge in [0.05, 0.1) is 23.7 Å². The standard InChI is InChI=1S/C15H13F4N3O4/c16-13(17)15(14(18)19)8-20(12-3-1-2-6-21(12)23)10-7-9(22(24)25)4-5-11(10)26-15/h1-5,7,13-14,23H,6,8H2. The zero-order valence-corrected chi connectivity index (χ0v) is 13.1. The van der Waals surface area contributed by atoms with E-state index < -0.39 is 29.9 Å². The molecule has 11 heteroatoms. The van der Waals surface area contributed by atoms with E-state index in [9.17, 15) is 32.9 Å². The van der Waals surface area contributed by atoms with Crippen molar-refractivity contribution in [3.05, 3.63) is 52.4 Å². The van der Waals surface area contributed by atoms with E-state index in [-0.39, 0.29) is 29.5 Å². The van der Waals surface area contributed by atoms with E-state index in [4.69, 9.17) is 4.74 Å². The van der Waals surface area contributed by atoms with E-state index in [2.05, 4.69) is 0 Å². The molecule has 0 amide bonds. The van der Waals surface area contributed by atoms with Gasteiger partial charge in [-0.15, -0.1) is 0 Å². The second-order valence-corrected chi connectivity index (χ2v) is 5.69. The van der Waals surface area contributed by atoms with Crippen LogP contribution in [-0.4, -0.2) is 46.7 Å². The third kappa shape index (κ3) is 2.83. The monoisotopic (exact) mass is 375 g/mol. The van der Waals surface area contributed by atoms with E-state index >= 15 is 0 Å². The lowest BCUT2D eigenvalue weighted by molar-refractivity contribution is -0.384. The lowest BCUT2D eigenvalue weighted by atomic mass is 10.0. The van der Waals surface area contributed by atoms with Crippen LogP contribution in [0.5, 0.6) is 5.75 Å². The molecule has 0 spiro atoms. The van der Waals surface area contributed by atoms with Crippen LogP contribution in [0.25, 0.3) is 0 Å². The molecule has 1 aromatic carbocycles. The molecule has 1 aromatic rings. The molecule has 2 aliphatic heterocycles. The van der Waals surface area contributed by atoms with E-state index in [1.165, 1.54) is 12.2 Å². The lowest BCUT2D eigenvalue weighted by Gasteiger charge is -2.45. The number of rotatable bonds is 4. The third-order valence-electron chi connectivity index (χ3n) is 4.09. The average Bonchev–Trinajstić information content (AvgIpc) is 2.60. The number of anilines is 1. The number of non-ortho nitro benzene ring substituents is 1. The molecule has 0 atom stereocenters. The first-order chi connectivity index (χ1) is 12.3. The molecule has 26 heavy (non-hydrogen) atoms. The summed E-state index contributed by atoms with van der Waals surface area (Å²) in [6, 6.07) is 2.97. The lowest BCUT2D eigenvalue weighted by Crippen LogP contribution is -2.61. The van der Waals surface area contributed by atoms with Crippen molar-refractivity contribution >= 4 is 11.4 Å². The Morgan fingerprint density at radius 2 is 1.96 bits per heavy atom. The highest BCUT2D eigenvalue weighted by Gasteiger charge is 2.56. The van der Waals surface area contributed by atoms with Crippen molar-refractivity contribution in [1.29, 1.82) is 0 Å². The highest BCUT2D eigenvalue weighted by atomic mass is 19.3. The molecule has 2 aliphatic rings. The number of hydrogen-bond donors (Lipinski definition) is 1. The van der Waals surface area contributed by atoms with Gasteiger partial charge in [-0.05, 0) is 12.1 Å². The Morgan fingerprint density at radius 3 is 2.54 bits per heavy atom. The number of hydrogen-bond acceptors (Lipinski definition) is 6. The van der Waals surface area contributed by atoms with Crippen LogP contribution < -0.4 is 9.64 Å². The maximum atomic E-state index is 13.5. The number of alkyl halides is 4. The summed E-state index contributed by atoms with van der Waals surface area (Å²) in [5, 5.41) is 21.7. The van der Waals surface area contributed by atoms with E-state index in [1.807, 2.05) is 0 Å². The summed E-state index contributed by atoms with van der Waals surface area (Å²) in [7, 11) is 0. The van der Waals surface area contributed by atoms with E-state index in [1.54, 1.807) is 6.08 Å². The van der Waals surface area contributed by atoms with Gasteiger partial charge >= 0.3 is 0 Å². The van der Waals surface area contributed by atoms with Gasteiger partial charge in [0.1, 0.15) is 11.6 Å². The molecule has 2 heterocycles. The number of fused-ring (bicyclic) bond motifs is 1. The molecule has 3 rings (SSSR count). The van der Waals surface area contributed by atoms with E-state index in [0.717, 1.165) is 23.1 Å². The minimum absolute atomic E-state index is 0.0101. The topological polar surface area (TPSA) is 79.1 Å². The van der Waals surface area contributed by atoms with Crippen molar-refractivity contribution in [3.63, 3.8) is 0 Å². The molecular formula is C15H13F4N3O4. The highest BCUT2D eigenvalue weighted by molar-refractivity contribution is 5.68. The third-order valence-corrected chi connectivity index (χ3v) is 4.09. The van der Waals surface area contributed by atoms with Crippen molar-refractivity contribution in [2.75, 3.05) is 18.0 Å². The Bertz CT molecular complexity index is 776. The molecule has 0 radical (unpaired) electrons. The number of ether oxygens (including phenoxy) is 1. The van der Waals surface area contributed by atoms with Gasteiger partial charge in [-0.1, -0.05) is 12.2 Å². The van der Waals surface area contributed by atoms with Gasteiger partial charge in [-0.25, -0.2) is 22.6 Å². The quantitative estimate of drug-likeness (QED) is 0.495. The fourth-order valence-electron chi connectivity index (χ4n) is 2.74. The van der Waals surface area contributed by atoms with Gasteiger partial charge in [0, 0.05) is 12.1 Å². The Balaban J connectivity index is 2.17. The fraction of sp³-hybridized carbons (Fsp3) is 0.333. The van der Waals surface area contributed by atoms with Crippen LogP contribution in [-0.2, 0) is 0 Å². The Kier molecular flexibility index (Phi) is 4.48. The SMILES string of the molecule is O=[N+]([O-])c1ccc2c(c1)N(C1=CC=CCN1O)CC(C(F)F)(C(F)F)O2. The number of allylic oxidation sites excluding steroid dienone is 2. The van der Waals surface area contributed by atoms with E-state index in [0.29, 0.717) is 5.06 Å². The molecule has 0 saturated heterocycles. The average molecular weight is 375 g/mol. The number of hydroxylamine groups is 2. The van der Waals surface area contributed by atoms with Crippen LogP contribution in [0, 0.1) is 10.1 Å². The van der Waals surface area contributed by atoms with Gasteiger partial charge in [-0.3, -0.25) is 15.3 Å². The van der Waals surface area contributed by atoms with Crippen molar-refractivity contribution in [2.24, 2.45) is 0 Å². The number of benzene rings is 1. The Labute approximate surface area is 144 Å². The summed E-state index contributed by atoms with van der Waals surface area (Å²) in [4.78, 5) is 11.2. The zero-order valence-electron chi connectivity index (χ0n) is 13.1. The molecular weight excluding hydrogens is 362 g/mol. The number of nitro benzene ring substituents is 1.